The molecule has 0 bridgehead atoms. The molecular formula is C11H18N4O2. The number of nitrogens with zero attached hydrogens (tertiary/aromatic N) is 2. The summed E-state index contributed by atoms with van der Waals surface area (Å²) in [5.74, 6) is 0.351. The average Bonchev–Trinajstić information content (AvgIpc) is 2.37. The molecule has 1 amide bonds. The Balaban J connectivity index is 2.46. The van der Waals surface area contributed by atoms with Crippen LogP contribution >= 0.6 is 0 Å². The SMILES string of the molecule is CCCNC(=O)c1cnc(NCCOC)nc1. The van der Waals surface area contributed by atoms with Gasteiger partial charge in [-0.3, -0.25) is 4.79 Å². The van der Waals surface area contributed by atoms with Gasteiger partial charge in [0.05, 0.1) is 12.2 Å². The molecule has 1 rings (SSSR count). The van der Waals surface area contributed by atoms with E-state index in [4.69, 9.17) is 4.74 Å². The number of hydrogen-bond acceptors (Lipinski definition) is 5. The van der Waals surface area contributed by atoms with Crippen molar-refractivity contribution in [2.75, 3.05) is 32.1 Å². The standard InChI is InChI=1S/C11H18N4O2/c1-3-4-12-10(16)9-7-14-11(15-8-9)13-5-6-17-2/h7-8H,3-6H2,1-2H3,(H,12,16)(H,13,14,15). The second-order valence-electron chi connectivity index (χ2n) is 3.47. The summed E-state index contributed by atoms with van der Waals surface area (Å²) in [5.41, 5.74) is 0.468. The molecule has 1 heterocycles. The molecule has 0 aliphatic carbocycles. The highest BCUT2D eigenvalue weighted by molar-refractivity contribution is 5.93. The highest BCUT2D eigenvalue weighted by Crippen LogP contribution is 1.99. The Hall–Kier alpha value is -1.69. The van der Waals surface area contributed by atoms with Gasteiger partial charge in [-0.2, -0.15) is 0 Å². The molecule has 0 aliphatic rings. The van der Waals surface area contributed by atoms with Gasteiger partial charge in [0.1, 0.15) is 0 Å². The number of nitrogens with one attached hydrogen (secondary N) is 2. The first kappa shape index (κ1) is 13.4. The van der Waals surface area contributed by atoms with Crippen molar-refractivity contribution in [1.29, 1.82) is 0 Å². The van der Waals surface area contributed by atoms with Gasteiger partial charge >= 0.3 is 0 Å². The Bertz CT molecular complexity index is 340. The zero-order valence-electron chi connectivity index (χ0n) is 10.2. The number of anilines is 1. The maximum Gasteiger partial charge on any atom is 0.254 e. The van der Waals surface area contributed by atoms with Crippen LogP contribution in [0.1, 0.15) is 23.7 Å². The van der Waals surface area contributed by atoms with Crippen LogP contribution in [-0.2, 0) is 4.74 Å². The van der Waals surface area contributed by atoms with Crippen molar-refractivity contribution >= 4 is 11.9 Å². The quantitative estimate of drug-likeness (QED) is 0.683. The van der Waals surface area contributed by atoms with Crippen molar-refractivity contribution in [3.8, 4) is 0 Å². The number of methoxy groups -OCH3 is 1. The number of carbonyl (C=O) groups is 1. The molecular weight excluding hydrogens is 220 g/mol. The van der Waals surface area contributed by atoms with Crippen molar-refractivity contribution < 1.29 is 9.53 Å². The second kappa shape index (κ2) is 7.56. The van der Waals surface area contributed by atoms with Crippen molar-refractivity contribution in [2.45, 2.75) is 13.3 Å². The molecule has 6 heteroatoms. The molecule has 0 aromatic carbocycles. The van der Waals surface area contributed by atoms with Gasteiger partial charge in [-0.05, 0) is 6.42 Å². The fourth-order valence-corrected chi connectivity index (χ4v) is 1.14. The van der Waals surface area contributed by atoms with Crippen molar-refractivity contribution in [1.82, 2.24) is 15.3 Å². The number of hydrogen-bond donors (Lipinski definition) is 2. The lowest BCUT2D eigenvalue weighted by Gasteiger charge is -2.05. The first-order valence-corrected chi connectivity index (χ1v) is 5.61. The molecule has 0 aliphatic heterocycles. The maximum atomic E-state index is 11.5. The van der Waals surface area contributed by atoms with E-state index in [1.165, 1.54) is 12.4 Å². The molecule has 0 spiro atoms. The minimum atomic E-state index is -0.143. The first-order valence-electron chi connectivity index (χ1n) is 5.61. The Labute approximate surface area is 101 Å². The third-order valence-electron chi connectivity index (χ3n) is 2.04. The molecule has 0 saturated carbocycles. The van der Waals surface area contributed by atoms with E-state index in [0.29, 0.717) is 31.2 Å². The molecule has 1 aromatic heterocycles. The first-order chi connectivity index (χ1) is 8.27. The second-order valence-corrected chi connectivity index (χ2v) is 3.47. The summed E-state index contributed by atoms with van der Waals surface area (Å²) < 4.78 is 4.89. The van der Waals surface area contributed by atoms with Gasteiger partial charge in [-0.1, -0.05) is 6.92 Å². The van der Waals surface area contributed by atoms with Gasteiger partial charge in [-0.15, -0.1) is 0 Å². The van der Waals surface area contributed by atoms with Gasteiger partial charge in [0.25, 0.3) is 5.91 Å². The number of amides is 1. The van der Waals surface area contributed by atoms with Gasteiger partial charge in [0, 0.05) is 32.6 Å². The van der Waals surface area contributed by atoms with E-state index >= 15 is 0 Å². The van der Waals surface area contributed by atoms with Crippen LogP contribution < -0.4 is 10.6 Å². The summed E-state index contributed by atoms with van der Waals surface area (Å²) in [5, 5.41) is 5.74. The van der Waals surface area contributed by atoms with Gasteiger partial charge in [-0.25, -0.2) is 9.97 Å². The largest absolute Gasteiger partial charge is 0.383 e. The lowest BCUT2D eigenvalue weighted by molar-refractivity contribution is 0.0953. The maximum absolute atomic E-state index is 11.5. The van der Waals surface area contributed by atoms with E-state index in [1.54, 1.807) is 7.11 Å². The van der Waals surface area contributed by atoms with Crippen LogP contribution in [0.5, 0.6) is 0 Å². The summed E-state index contributed by atoms with van der Waals surface area (Å²) >= 11 is 0. The van der Waals surface area contributed by atoms with Crippen molar-refractivity contribution in [3.05, 3.63) is 18.0 Å². The van der Waals surface area contributed by atoms with Gasteiger partial charge in [0.2, 0.25) is 5.95 Å². The monoisotopic (exact) mass is 238 g/mol. The summed E-state index contributed by atoms with van der Waals surface area (Å²) in [4.78, 5) is 19.6. The van der Waals surface area contributed by atoms with Crippen LogP contribution in [0.3, 0.4) is 0 Å². The molecule has 0 saturated heterocycles. The molecule has 0 atom stereocenters. The zero-order chi connectivity index (χ0) is 12.5. The molecule has 0 radical (unpaired) electrons. The van der Waals surface area contributed by atoms with E-state index in [0.717, 1.165) is 6.42 Å². The van der Waals surface area contributed by atoms with Crippen LogP contribution in [0.25, 0.3) is 0 Å². The van der Waals surface area contributed by atoms with Gasteiger partial charge < -0.3 is 15.4 Å². The fraction of sp³-hybridized carbons (Fsp3) is 0.545. The Kier molecular flexibility index (Phi) is 5.95. The molecule has 94 valence electrons. The molecule has 17 heavy (non-hydrogen) atoms. The minimum Gasteiger partial charge on any atom is -0.383 e. The summed E-state index contributed by atoms with van der Waals surface area (Å²) in [6, 6.07) is 0. The number of ether oxygens (including phenoxy) is 1. The zero-order valence-corrected chi connectivity index (χ0v) is 10.2. The van der Waals surface area contributed by atoms with Crippen LogP contribution in [0.2, 0.25) is 0 Å². The van der Waals surface area contributed by atoms with Crippen molar-refractivity contribution in [3.63, 3.8) is 0 Å². The average molecular weight is 238 g/mol. The van der Waals surface area contributed by atoms with E-state index in [1.807, 2.05) is 6.92 Å². The molecule has 6 nitrogen and oxygen atoms in total. The van der Waals surface area contributed by atoms with Crippen LogP contribution in [0.15, 0.2) is 12.4 Å². The smallest absolute Gasteiger partial charge is 0.254 e. The predicted octanol–water partition coefficient (Wildman–Crippen LogP) is 0.675. The van der Waals surface area contributed by atoms with Crippen molar-refractivity contribution in [2.24, 2.45) is 0 Å². The van der Waals surface area contributed by atoms with Crippen LogP contribution in [0.4, 0.5) is 5.95 Å². The number of aromatic nitrogens is 2. The Morgan fingerprint density at radius 3 is 2.65 bits per heavy atom. The van der Waals surface area contributed by atoms with Crippen LogP contribution in [0, 0.1) is 0 Å². The van der Waals surface area contributed by atoms with E-state index < -0.39 is 0 Å². The molecule has 0 unspecified atom stereocenters. The van der Waals surface area contributed by atoms with Crippen LogP contribution in [-0.4, -0.2) is 42.7 Å². The fourth-order valence-electron chi connectivity index (χ4n) is 1.14. The summed E-state index contributed by atoms with van der Waals surface area (Å²) in [6.45, 7) is 3.88. The molecule has 1 aromatic rings. The normalized spacial score (nSPS) is 10.0. The lowest BCUT2D eigenvalue weighted by atomic mass is 10.3. The summed E-state index contributed by atoms with van der Waals surface area (Å²) in [6.07, 6.45) is 3.92. The number of rotatable bonds is 7. The third-order valence-corrected chi connectivity index (χ3v) is 2.04. The topological polar surface area (TPSA) is 76.1 Å². The van der Waals surface area contributed by atoms with Gasteiger partial charge in [0.15, 0.2) is 0 Å². The number of carbonyl (C=O) groups excluding carboxylic acids is 1. The predicted molar refractivity (Wildman–Crippen MR) is 65.0 cm³/mol. The lowest BCUT2D eigenvalue weighted by Crippen LogP contribution is -2.24. The van der Waals surface area contributed by atoms with E-state index in [2.05, 4.69) is 20.6 Å². The van der Waals surface area contributed by atoms with E-state index in [9.17, 15) is 4.79 Å². The highest BCUT2D eigenvalue weighted by Gasteiger charge is 2.05. The summed E-state index contributed by atoms with van der Waals surface area (Å²) in [7, 11) is 1.63. The third kappa shape index (κ3) is 4.78. The molecule has 0 fully saturated rings. The molecule has 2 N–H and O–H groups in total. The Morgan fingerprint density at radius 1 is 1.35 bits per heavy atom. The Morgan fingerprint density at radius 2 is 2.06 bits per heavy atom. The minimum absolute atomic E-state index is 0.143. The van der Waals surface area contributed by atoms with E-state index in [-0.39, 0.29) is 5.91 Å². The highest BCUT2D eigenvalue weighted by atomic mass is 16.5.